The van der Waals surface area contributed by atoms with Crippen LogP contribution in [0, 0.1) is 5.82 Å². The van der Waals surface area contributed by atoms with Crippen molar-refractivity contribution in [3.05, 3.63) is 58.9 Å². The predicted molar refractivity (Wildman–Crippen MR) is 121 cm³/mol. The van der Waals surface area contributed by atoms with E-state index in [-0.39, 0.29) is 17.3 Å². The molecule has 0 aromatic heterocycles. The van der Waals surface area contributed by atoms with Gasteiger partial charge in [0.15, 0.2) is 0 Å². The van der Waals surface area contributed by atoms with Gasteiger partial charge in [-0.2, -0.15) is 0 Å². The number of nitrogens with zero attached hydrogens (tertiary/aromatic N) is 2. The number of halogens is 2. The Kier molecular flexibility index (Phi) is 8.45. The first-order valence-corrected chi connectivity index (χ1v) is 11.8. The summed E-state index contributed by atoms with van der Waals surface area (Å²) in [6.07, 6.45) is 0.924. The monoisotopic (exact) mass is 485 g/mol. The van der Waals surface area contributed by atoms with Crippen LogP contribution in [0.15, 0.2) is 42.5 Å². The number of hydrogen-bond acceptors (Lipinski definition) is 5. The van der Waals surface area contributed by atoms with Gasteiger partial charge in [0.05, 0.1) is 24.1 Å². The first-order valence-electron chi connectivity index (χ1n) is 9.54. The second-order valence-electron chi connectivity index (χ2n) is 7.03. The number of amides is 2. The van der Waals surface area contributed by atoms with Crippen LogP contribution >= 0.6 is 11.6 Å². The highest BCUT2D eigenvalue weighted by Gasteiger charge is 2.30. The molecule has 0 bridgehead atoms. The molecule has 1 atom stereocenters. The second kappa shape index (κ2) is 10.6. The Labute approximate surface area is 192 Å². The number of carbonyl (C=O) groups excluding carboxylic acids is 2. The molecule has 0 aliphatic rings. The molecule has 2 aromatic rings. The zero-order valence-electron chi connectivity index (χ0n) is 18.1. The Hall–Kier alpha value is -2.85. The molecule has 32 heavy (non-hydrogen) atoms. The van der Waals surface area contributed by atoms with Crippen molar-refractivity contribution in [1.82, 2.24) is 10.2 Å². The molecule has 1 N–H and O–H groups in total. The topological polar surface area (TPSA) is 96.0 Å². The number of sulfonamides is 1. The molecule has 174 valence electrons. The molecule has 2 aromatic carbocycles. The van der Waals surface area contributed by atoms with Crippen LogP contribution in [-0.2, 0) is 26.2 Å². The fraction of sp³-hybridized carbons (Fsp3) is 0.333. The molecule has 0 saturated heterocycles. The molecule has 0 spiro atoms. The van der Waals surface area contributed by atoms with Crippen molar-refractivity contribution in [2.24, 2.45) is 0 Å². The molecule has 2 amide bonds. The average Bonchev–Trinajstić information content (AvgIpc) is 2.76. The van der Waals surface area contributed by atoms with Gasteiger partial charge in [-0.25, -0.2) is 12.8 Å². The molecule has 0 aliphatic carbocycles. The van der Waals surface area contributed by atoms with Crippen molar-refractivity contribution in [1.29, 1.82) is 0 Å². The Morgan fingerprint density at radius 2 is 1.81 bits per heavy atom. The van der Waals surface area contributed by atoms with E-state index >= 15 is 0 Å². The fourth-order valence-electron chi connectivity index (χ4n) is 2.97. The van der Waals surface area contributed by atoms with E-state index in [0.29, 0.717) is 11.3 Å². The number of hydrogen-bond donors (Lipinski definition) is 1. The van der Waals surface area contributed by atoms with Gasteiger partial charge in [-0.05, 0) is 42.8 Å². The van der Waals surface area contributed by atoms with Gasteiger partial charge in [0.2, 0.25) is 21.8 Å². The van der Waals surface area contributed by atoms with Crippen molar-refractivity contribution in [2.45, 2.75) is 19.5 Å². The summed E-state index contributed by atoms with van der Waals surface area (Å²) >= 11 is 5.79. The molecule has 0 heterocycles. The van der Waals surface area contributed by atoms with E-state index in [0.717, 1.165) is 22.7 Å². The molecule has 0 saturated carbocycles. The van der Waals surface area contributed by atoms with Crippen molar-refractivity contribution >= 4 is 39.1 Å². The summed E-state index contributed by atoms with van der Waals surface area (Å²) in [6.45, 7) is 0.997. The fourth-order valence-corrected chi connectivity index (χ4v) is 3.99. The quantitative estimate of drug-likeness (QED) is 0.588. The minimum atomic E-state index is -3.92. The molecule has 1 unspecified atom stereocenters. The van der Waals surface area contributed by atoms with Crippen LogP contribution in [-0.4, -0.2) is 58.1 Å². The third-order valence-electron chi connectivity index (χ3n) is 4.80. The summed E-state index contributed by atoms with van der Waals surface area (Å²) in [4.78, 5) is 26.8. The van der Waals surface area contributed by atoms with Gasteiger partial charge < -0.3 is 15.0 Å². The van der Waals surface area contributed by atoms with E-state index in [2.05, 4.69) is 5.32 Å². The summed E-state index contributed by atoms with van der Waals surface area (Å²) < 4.78 is 44.3. The van der Waals surface area contributed by atoms with Gasteiger partial charge in [0, 0.05) is 13.6 Å². The van der Waals surface area contributed by atoms with E-state index in [1.165, 1.54) is 25.1 Å². The van der Waals surface area contributed by atoms with Gasteiger partial charge in [-0.15, -0.1) is 0 Å². The highest BCUT2D eigenvalue weighted by molar-refractivity contribution is 7.92. The molecule has 2 rings (SSSR count). The Bertz CT molecular complexity index is 1080. The van der Waals surface area contributed by atoms with E-state index < -0.39 is 40.2 Å². The summed E-state index contributed by atoms with van der Waals surface area (Å²) in [5, 5.41) is 2.21. The Morgan fingerprint density at radius 1 is 1.19 bits per heavy atom. The van der Waals surface area contributed by atoms with Crippen LogP contribution in [0.5, 0.6) is 5.75 Å². The summed E-state index contributed by atoms with van der Waals surface area (Å²) in [6, 6.07) is 9.38. The maximum atomic E-state index is 13.6. The maximum Gasteiger partial charge on any atom is 0.244 e. The Balaban J connectivity index is 2.38. The molecular weight excluding hydrogens is 461 g/mol. The lowest BCUT2D eigenvalue weighted by Gasteiger charge is -2.31. The highest BCUT2D eigenvalue weighted by Crippen LogP contribution is 2.25. The third kappa shape index (κ3) is 6.33. The number of methoxy groups -OCH3 is 1. The number of likely N-dealkylation sites (N-methyl/N-ethyl adjacent to an activating group) is 1. The van der Waals surface area contributed by atoms with Crippen LogP contribution in [0.4, 0.5) is 10.1 Å². The summed E-state index contributed by atoms with van der Waals surface area (Å²) in [5.74, 6) is -1.13. The van der Waals surface area contributed by atoms with Gasteiger partial charge >= 0.3 is 0 Å². The smallest absolute Gasteiger partial charge is 0.244 e. The molecular formula is C21H25ClFN3O5S. The normalized spacial score (nSPS) is 12.1. The van der Waals surface area contributed by atoms with E-state index in [1.807, 2.05) is 0 Å². The lowest BCUT2D eigenvalue weighted by Crippen LogP contribution is -2.50. The maximum absolute atomic E-state index is 13.6. The molecule has 8 nitrogen and oxygen atoms in total. The van der Waals surface area contributed by atoms with E-state index in [4.69, 9.17) is 16.3 Å². The first kappa shape index (κ1) is 25.4. The lowest BCUT2D eigenvalue weighted by atomic mass is 10.1. The van der Waals surface area contributed by atoms with Crippen LogP contribution in [0.1, 0.15) is 12.5 Å². The lowest BCUT2D eigenvalue weighted by molar-refractivity contribution is -0.139. The minimum absolute atomic E-state index is 0.0317. The molecule has 0 fully saturated rings. The SMILES string of the molecule is CNC(=O)C(C)N(Cc1ccc(OC)cc1)C(=O)CN(c1ccc(F)c(Cl)c1)S(C)(=O)=O. The zero-order chi connectivity index (χ0) is 24.1. The van der Waals surface area contributed by atoms with E-state index in [9.17, 15) is 22.4 Å². The largest absolute Gasteiger partial charge is 0.497 e. The predicted octanol–water partition coefficient (Wildman–Crippen LogP) is 2.42. The molecule has 0 aliphatic heterocycles. The van der Waals surface area contributed by atoms with Crippen LogP contribution in [0.3, 0.4) is 0 Å². The van der Waals surface area contributed by atoms with Crippen LogP contribution < -0.4 is 14.4 Å². The number of rotatable bonds is 9. The van der Waals surface area contributed by atoms with Crippen molar-refractivity contribution in [2.75, 3.05) is 31.3 Å². The van der Waals surface area contributed by atoms with Gasteiger partial charge in [-0.1, -0.05) is 23.7 Å². The third-order valence-corrected chi connectivity index (χ3v) is 6.23. The number of carbonyl (C=O) groups is 2. The minimum Gasteiger partial charge on any atom is -0.497 e. The number of anilines is 1. The summed E-state index contributed by atoms with van der Waals surface area (Å²) in [7, 11) is -0.951. The average molecular weight is 486 g/mol. The molecule has 11 heteroatoms. The standard InChI is InChI=1S/C21H25ClFN3O5S/c1-14(21(28)24-2)25(12-15-5-8-17(31-3)9-6-15)20(27)13-26(32(4,29)30)16-7-10-19(23)18(22)11-16/h5-11,14H,12-13H2,1-4H3,(H,24,28). The highest BCUT2D eigenvalue weighted by atomic mass is 35.5. The van der Waals surface area contributed by atoms with Gasteiger partial charge in [0.1, 0.15) is 24.2 Å². The van der Waals surface area contributed by atoms with Crippen LogP contribution in [0.2, 0.25) is 5.02 Å². The van der Waals surface area contributed by atoms with Gasteiger partial charge in [0.25, 0.3) is 0 Å². The van der Waals surface area contributed by atoms with E-state index in [1.54, 1.807) is 31.2 Å². The number of nitrogens with one attached hydrogen (secondary N) is 1. The zero-order valence-corrected chi connectivity index (χ0v) is 19.7. The summed E-state index contributed by atoms with van der Waals surface area (Å²) in [5.41, 5.74) is 0.745. The van der Waals surface area contributed by atoms with Crippen molar-refractivity contribution < 1.29 is 27.1 Å². The number of benzene rings is 2. The molecule has 0 radical (unpaired) electrons. The second-order valence-corrected chi connectivity index (χ2v) is 9.34. The van der Waals surface area contributed by atoms with Crippen molar-refractivity contribution in [3.63, 3.8) is 0 Å². The van der Waals surface area contributed by atoms with Crippen molar-refractivity contribution in [3.8, 4) is 5.75 Å². The number of ether oxygens (including phenoxy) is 1. The van der Waals surface area contributed by atoms with Crippen LogP contribution in [0.25, 0.3) is 0 Å². The Morgan fingerprint density at radius 3 is 2.31 bits per heavy atom. The first-order chi connectivity index (χ1) is 15.0. The van der Waals surface area contributed by atoms with Gasteiger partial charge in [-0.3, -0.25) is 13.9 Å².